The highest BCUT2D eigenvalue weighted by atomic mass is 32.1. The van der Waals surface area contributed by atoms with Crippen molar-refractivity contribution in [2.75, 3.05) is 25.5 Å². The standard InChI is InChI=1S/C22H25F4N7OS/c1-32-8-6-14(13(23)11-32)28-15-3-2-7-33-16(9-22(24,25)26)18(29-19(15)33)21-31-30-17(35-21)10-27-20(34)12-4-5-12/h2-3,7,12-14,28H,4-6,8-11H2,1H3,(H,27,34)/t13-,14+/m0/s1. The first-order chi connectivity index (χ1) is 16.7. The van der Waals surface area contributed by atoms with Gasteiger partial charge >= 0.3 is 6.18 Å². The van der Waals surface area contributed by atoms with Crippen LogP contribution in [0.4, 0.5) is 23.2 Å². The van der Waals surface area contributed by atoms with Crippen LogP contribution in [0.2, 0.25) is 0 Å². The van der Waals surface area contributed by atoms with Crippen molar-refractivity contribution >= 4 is 28.6 Å². The normalized spacial score (nSPS) is 21.4. The quantitative estimate of drug-likeness (QED) is 0.473. The number of pyridine rings is 1. The van der Waals surface area contributed by atoms with E-state index in [4.69, 9.17) is 0 Å². The van der Waals surface area contributed by atoms with E-state index in [0.717, 1.165) is 24.2 Å². The van der Waals surface area contributed by atoms with Crippen molar-refractivity contribution in [1.29, 1.82) is 0 Å². The molecule has 1 saturated heterocycles. The molecule has 3 aromatic heterocycles. The molecule has 1 aliphatic carbocycles. The van der Waals surface area contributed by atoms with E-state index in [9.17, 15) is 22.4 Å². The zero-order chi connectivity index (χ0) is 24.7. The number of alkyl halides is 4. The fourth-order valence-corrected chi connectivity index (χ4v) is 5.04. The first kappa shape index (κ1) is 23.9. The lowest BCUT2D eigenvalue weighted by Crippen LogP contribution is -2.46. The number of rotatable bonds is 7. The molecule has 188 valence electrons. The number of nitrogens with one attached hydrogen (secondary N) is 2. The third-order valence-corrected chi connectivity index (χ3v) is 7.16. The van der Waals surface area contributed by atoms with Gasteiger partial charge in [-0.15, -0.1) is 10.2 Å². The SMILES string of the molecule is CN1CC[C@@H](Nc2cccn3c(CC(F)(F)F)c(-c4nnc(CNC(=O)C5CC5)s4)nc23)[C@@H](F)C1. The van der Waals surface area contributed by atoms with Crippen LogP contribution in [0.1, 0.15) is 30.0 Å². The summed E-state index contributed by atoms with van der Waals surface area (Å²) in [5, 5.41) is 14.8. The minimum atomic E-state index is -4.47. The number of piperidine rings is 1. The number of anilines is 1. The molecule has 0 unspecified atom stereocenters. The highest BCUT2D eigenvalue weighted by Crippen LogP contribution is 2.34. The average molecular weight is 512 g/mol. The molecule has 2 aliphatic rings. The van der Waals surface area contributed by atoms with Gasteiger partial charge < -0.3 is 19.9 Å². The zero-order valence-corrected chi connectivity index (χ0v) is 19.8. The molecule has 13 heteroatoms. The van der Waals surface area contributed by atoms with Gasteiger partial charge in [-0.1, -0.05) is 11.3 Å². The second kappa shape index (κ2) is 9.34. The fourth-order valence-electron chi connectivity index (χ4n) is 4.25. The van der Waals surface area contributed by atoms with Crippen molar-refractivity contribution < 1.29 is 22.4 Å². The summed E-state index contributed by atoms with van der Waals surface area (Å²) in [7, 11) is 1.85. The molecule has 0 spiro atoms. The molecule has 2 N–H and O–H groups in total. The Kier molecular flexibility index (Phi) is 6.38. The molecule has 8 nitrogen and oxygen atoms in total. The Balaban J connectivity index is 1.46. The number of halogens is 4. The average Bonchev–Trinajstić information content (AvgIpc) is 3.44. The summed E-state index contributed by atoms with van der Waals surface area (Å²) in [6.07, 6.45) is -2.99. The third kappa shape index (κ3) is 5.40. The molecule has 3 aromatic rings. The molecule has 4 heterocycles. The highest BCUT2D eigenvalue weighted by molar-refractivity contribution is 7.14. The van der Waals surface area contributed by atoms with E-state index in [1.165, 1.54) is 10.6 Å². The number of imidazole rings is 1. The maximum absolute atomic E-state index is 14.6. The topological polar surface area (TPSA) is 87.5 Å². The van der Waals surface area contributed by atoms with Gasteiger partial charge in [-0.25, -0.2) is 9.37 Å². The molecular weight excluding hydrogens is 486 g/mol. The summed E-state index contributed by atoms with van der Waals surface area (Å²) in [6.45, 7) is 1.16. The Morgan fingerprint density at radius 1 is 1.26 bits per heavy atom. The summed E-state index contributed by atoms with van der Waals surface area (Å²) in [5.41, 5.74) is 0.738. The first-order valence-electron chi connectivity index (χ1n) is 11.4. The first-order valence-corrected chi connectivity index (χ1v) is 12.3. The molecule has 35 heavy (non-hydrogen) atoms. The monoisotopic (exact) mass is 511 g/mol. The number of amides is 1. The lowest BCUT2D eigenvalue weighted by molar-refractivity contribution is -0.128. The van der Waals surface area contributed by atoms with Crippen molar-refractivity contribution in [3.63, 3.8) is 0 Å². The fraction of sp³-hybridized carbons (Fsp3) is 0.545. The Bertz CT molecular complexity index is 1220. The van der Waals surface area contributed by atoms with Crippen LogP contribution in [0, 0.1) is 5.92 Å². The lowest BCUT2D eigenvalue weighted by Gasteiger charge is -2.33. The van der Waals surface area contributed by atoms with Gasteiger partial charge in [0, 0.05) is 25.2 Å². The van der Waals surface area contributed by atoms with Crippen LogP contribution >= 0.6 is 11.3 Å². The number of hydrogen-bond acceptors (Lipinski definition) is 7. The van der Waals surface area contributed by atoms with Gasteiger partial charge in [-0.2, -0.15) is 13.2 Å². The van der Waals surface area contributed by atoms with Crippen molar-refractivity contribution in [3.05, 3.63) is 29.0 Å². The van der Waals surface area contributed by atoms with E-state index in [-0.39, 0.29) is 47.0 Å². The maximum Gasteiger partial charge on any atom is 0.394 e. The molecule has 1 amide bonds. The smallest absolute Gasteiger partial charge is 0.376 e. The third-order valence-electron chi connectivity index (χ3n) is 6.23. The predicted octanol–water partition coefficient (Wildman–Crippen LogP) is 3.44. The maximum atomic E-state index is 14.6. The van der Waals surface area contributed by atoms with E-state index in [1.807, 2.05) is 11.9 Å². The predicted molar refractivity (Wildman–Crippen MR) is 123 cm³/mol. The molecule has 5 rings (SSSR count). The second-order valence-electron chi connectivity index (χ2n) is 9.13. The second-order valence-corrected chi connectivity index (χ2v) is 10.2. The van der Waals surface area contributed by atoms with Crippen molar-refractivity contribution in [1.82, 2.24) is 29.8 Å². The summed E-state index contributed by atoms with van der Waals surface area (Å²) >= 11 is 1.09. The van der Waals surface area contributed by atoms with Gasteiger partial charge in [-0.3, -0.25) is 4.79 Å². The number of nitrogens with zero attached hydrogens (tertiary/aromatic N) is 5. The minimum absolute atomic E-state index is 0.0404. The molecule has 0 bridgehead atoms. The number of carbonyl (C=O) groups excluding carboxylic acids is 1. The minimum Gasteiger partial charge on any atom is -0.376 e. The summed E-state index contributed by atoms with van der Waals surface area (Å²) < 4.78 is 56.5. The number of carbonyl (C=O) groups is 1. The van der Waals surface area contributed by atoms with Crippen molar-refractivity contribution in [2.45, 2.75) is 50.6 Å². The van der Waals surface area contributed by atoms with Gasteiger partial charge in [0.15, 0.2) is 10.7 Å². The van der Waals surface area contributed by atoms with Crippen LogP contribution < -0.4 is 10.6 Å². The Labute approximate surface area is 202 Å². The zero-order valence-electron chi connectivity index (χ0n) is 19.0. The highest BCUT2D eigenvalue weighted by Gasteiger charge is 2.34. The molecular formula is C22H25F4N7OS. The molecule has 0 aromatic carbocycles. The van der Waals surface area contributed by atoms with Gasteiger partial charge in [0.05, 0.1) is 30.4 Å². The Morgan fingerprint density at radius 2 is 2.06 bits per heavy atom. The van der Waals surface area contributed by atoms with E-state index in [0.29, 0.717) is 23.7 Å². The molecule has 2 atom stereocenters. The number of fused-ring (bicyclic) bond motifs is 1. The van der Waals surface area contributed by atoms with Crippen LogP contribution in [-0.2, 0) is 17.8 Å². The summed E-state index contributed by atoms with van der Waals surface area (Å²) in [6, 6.07) is 2.83. The number of hydrogen-bond donors (Lipinski definition) is 2. The molecule has 1 aliphatic heterocycles. The van der Waals surface area contributed by atoms with E-state index in [2.05, 4.69) is 25.8 Å². The largest absolute Gasteiger partial charge is 0.394 e. The van der Waals surface area contributed by atoms with Crippen LogP contribution in [-0.4, -0.2) is 68.9 Å². The molecule has 1 saturated carbocycles. The van der Waals surface area contributed by atoms with Crippen LogP contribution in [0.25, 0.3) is 16.3 Å². The Hall–Kier alpha value is -2.80. The number of likely N-dealkylation sites (tertiary alicyclic amines) is 1. The van der Waals surface area contributed by atoms with E-state index < -0.39 is 24.8 Å². The van der Waals surface area contributed by atoms with Crippen molar-refractivity contribution in [3.8, 4) is 10.7 Å². The summed E-state index contributed by atoms with van der Waals surface area (Å²) in [4.78, 5) is 18.3. The van der Waals surface area contributed by atoms with Crippen LogP contribution in [0.5, 0.6) is 0 Å². The summed E-state index contributed by atoms with van der Waals surface area (Å²) in [5.74, 6) is -0.0124. The lowest BCUT2D eigenvalue weighted by atomic mass is 10.0. The number of aromatic nitrogens is 4. The van der Waals surface area contributed by atoms with Crippen LogP contribution in [0.15, 0.2) is 18.3 Å². The van der Waals surface area contributed by atoms with Gasteiger partial charge in [0.1, 0.15) is 16.9 Å². The van der Waals surface area contributed by atoms with Crippen LogP contribution in [0.3, 0.4) is 0 Å². The van der Waals surface area contributed by atoms with Gasteiger partial charge in [0.2, 0.25) is 5.91 Å². The van der Waals surface area contributed by atoms with E-state index >= 15 is 0 Å². The molecule has 0 radical (unpaired) electrons. The van der Waals surface area contributed by atoms with Gasteiger partial charge in [-0.05, 0) is 38.4 Å². The van der Waals surface area contributed by atoms with E-state index in [1.54, 1.807) is 12.1 Å². The molecule has 2 fully saturated rings. The van der Waals surface area contributed by atoms with Gasteiger partial charge in [0.25, 0.3) is 0 Å². The van der Waals surface area contributed by atoms with Crippen molar-refractivity contribution in [2.24, 2.45) is 5.92 Å². The Morgan fingerprint density at radius 3 is 2.77 bits per heavy atom.